The third kappa shape index (κ3) is 1.83. The highest BCUT2D eigenvalue weighted by molar-refractivity contribution is 14.1. The lowest BCUT2D eigenvalue weighted by Gasteiger charge is -2.22. The molecule has 3 heteroatoms. The van der Waals surface area contributed by atoms with Crippen molar-refractivity contribution < 1.29 is 10.2 Å². The van der Waals surface area contributed by atoms with E-state index in [4.69, 9.17) is 0 Å². The summed E-state index contributed by atoms with van der Waals surface area (Å²) in [4.78, 5) is 0. The molecule has 2 nitrogen and oxygen atoms in total. The van der Waals surface area contributed by atoms with Crippen LogP contribution < -0.4 is 0 Å². The van der Waals surface area contributed by atoms with Crippen LogP contribution in [0.5, 0.6) is 0 Å². The molecule has 1 aliphatic carbocycles. The summed E-state index contributed by atoms with van der Waals surface area (Å²) in [5.74, 6) is 0. The molecule has 0 aromatic carbocycles. The Labute approximate surface area is 79.8 Å². The molecule has 1 rings (SSSR count). The molecule has 62 valence electrons. The Bertz CT molecular complexity index is 208. The second-order valence-corrected chi connectivity index (χ2v) is 3.78. The van der Waals surface area contributed by atoms with Crippen LogP contribution in [-0.2, 0) is 0 Å². The highest BCUT2D eigenvalue weighted by Crippen LogP contribution is 2.25. The Kier molecular flexibility index (Phi) is 3.09. The Balaban J connectivity index is 2.84. The van der Waals surface area contributed by atoms with E-state index >= 15 is 0 Å². The molecule has 0 fully saturated rings. The Morgan fingerprint density at radius 3 is 2.55 bits per heavy atom. The van der Waals surface area contributed by atoms with Crippen LogP contribution in [0.15, 0.2) is 21.3 Å². The number of hydrogen-bond acceptors (Lipinski definition) is 2. The van der Waals surface area contributed by atoms with Crippen LogP contribution in [0.4, 0.5) is 0 Å². The van der Waals surface area contributed by atoms with Gasteiger partial charge in [0.25, 0.3) is 0 Å². The standard InChI is InChI=1S/C8H11IO2/c1-2-5-3-4-6(9)8(11)7(5)10/h3-4,7-8,10-11H,2H2,1H3/t7-,8+/m1/s1. The van der Waals surface area contributed by atoms with Gasteiger partial charge in [0.05, 0.1) is 0 Å². The van der Waals surface area contributed by atoms with Gasteiger partial charge < -0.3 is 10.2 Å². The summed E-state index contributed by atoms with van der Waals surface area (Å²) >= 11 is 2.03. The highest BCUT2D eigenvalue weighted by Gasteiger charge is 2.24. The fraction of sp³-hybridized carbons (Fsp3) is 0.500. The van der Waals surface area contributed by atoms with Gasteiger partial charge in [0.2, 0.25) is 0 Å². The average Bonchev–Trinajstić information content (AvgIpc) is 2.01. The maximum Gasteiger partial charge on any atom is 0.114 e. The largest absolute Gasteiger partial charge is 0.386 e. The molecule has 0 bridgehead atoms. The van der Waals surface area contributed by atoms with Crippen molar-refractivity contribution in [2.45, 2.75) is 25.6 Å². The highest BCUT2D eigenvalue weighted by atomic mass is 127. The van der Waals surface area contributed by atoms with Gasteiger partial charge in [-0.05, 0) is 34.6 Å². The minimum Gasteiger partial charge on any atom is -0.386 e. The van der Waals surface area contributed by atoms with E-state index in [2.05, 4.69) is 0 Å². The fourth-order valence-electron chi connectivity index (χ4n) is 1.06. The lowest BCUT2D eigenvalue weighted by molar-refractivity contribution is 0.0685. The van der Waals surface area contributed by atoms with Gasteiger partial charge in [-0.3, -0.25) is 0 Å². The molecule has 2 N–H and O–H groups in total. The molecule has 0 saturated heterocycles. The van der Waals surface area contributed by atoms with Crippen molar-refractivity contribution in [3.05, 3.63) is 21.3 Å². The van der Waals surface area contributed by atoms with Gasteiger partial charge >= 0.3 is 0 Å². The summed E-state index contributed by atoms with van der Waals surface area (Å²) in [5, 5.41) is 18.8. The first-order valence-corrected chi connectivity index (χ1v) is 4.67. The number of aliphatic hydroxyl groups excluding tert-OH is 2. The average molecular weight is 266 g/mol. The van der Waals surface area contributed by atoms with Crippen LogP contribution in [0, 0.1) is 0 Å². The monoisotopic (exact) mass is 266 g/mol. The zero-order chi connectivity index (χ0) is 8.43. The number of aliphatic hydroxyl groups is 2. The van der Waals surface area contributed by atoms with Gasteiger partial charge in [0, 0.05) is 3.58 Å². The summed E-state index contributed by atoms with van der Waals surface area (Å²) in [6, 6.07) is 0. The Morgan fingerprint density at radius 1 is 1.36 bits per heavy atom. The van der Waals surface area contributed by atoms with Crippen LogP contribution in [0.2, 0.25) is 0 Å². The topological polar surface area (TPSA) is 40.5 Å². The van der Waals surface area contributed by atoms with Crippen molar-refractivity contribution in [2.24, 2.45) is 0 Å². The van der Waals surface area contributed by atoms with E-state index in [0.717, 1.165) is 15.6 Å². The van der Waals surface area contributed by atoms with Crippen molar-refractivity contribution >= 4 is 22.6 Å². The van der Waals surface area contributed by atoms with E-state index in [-0.39, 0.29) is 0 Å². The number of hydrogen-bond donors (Lipinski definition) is 2. The predicted octanol–water partition coefficient (Wildman–Crippen LogP) is 1.38. The first kappa shape index (κ1) is 9.22. The fourth-order valence-corrected chi connectivity index (χ4v) is 1.58. The molecular weight excluding hydrogens is 255 g/mol. The maximum absolute atomic E-state index is 9.44. The molecule has 2 atom stereocenters. The summed E-state index contributed by atoms with van der Waals surface area (Å²) in [7, 11) is 0. The van der Waals surface area contributed by atoms with E-state index in [0.29, 0.717) is 0 Å². The van der Waals surface area contributed by atoms with Crippen molar-refractivity contribution in [3.8, 4) is 0 Å². The van der Waals surface area contributed by atoms with Gasteiger partial charge in [-0.2, -0.15) is 0 Å². The van der Waals surface area contributed by atoms with E-state index in [9.17, 15) is 10.2 Å². The van der Waals surface area contributed by atoms with Crippen molar-refractivity contribution in [1.82, 2.24) is 0 Å². The van der Waals surface area contributed by atoms with Gasteiger partial charge in [0.15, 0.2) is 0 Å². The van der Waals surface area contributed by atoms with E-state index in [1.165, 1.54) is 0 Å². The minimum atomic E-state index is -0.712. The van der Waals surface area contributed by atoms with E-state index in [1.54, 1.807) is 0 Å². The lowest BCUT2D eigenvalue weighted by Crippen LogP contribution is -2.29. The van der Waals surface area contributed by atoms with E-state index < -0.39 is 12.2 Å². The zero-order valence-electron chi connectivity index (χ0n) is 6.29. The third-order valence-corrected chi connectivity index (χ3v) is 2.82. The van der Waals surface area contributed by atoms with Crippen LogP contribution in [-0.4, -0.2) is 22.4 Å². The molecule has 11 heavy (non-hydrogen) atoms. The summed E-state index contributed by atoms with van der Waals surface area (Å²) in [6.07, 6.45) is 3.10. The Morgan fingerprint density at radius 2 is 2.00 bits per heavy atom. The molecule has 0 heterocycles. The summed E-state index contributed by atoms with van der Waals surface area (Å²) in [5.41, 5.74) is 0.901. The molecule has 0 aromatic heterocycles. The van der Waals surface area contributed by atoms with Crippen molar-refractivity contribution in [2.75, 3.05) is 0 Å². The summed E-state index contributed by atoms with van der Waals surface area (Å²) < 4.78 is 0.798. The van der Waals surface area contributed by atoms with Crippen molar-refractivity contribution in [3.63, 3.8) is 0 Å². The van der Waals surface area contributed by atoms with Gasteiger partial charge in [-0.15, -0.1) is 0 Å². The zero-order valence-corrected chi connectivity index (χ0v) is 8.45. The van der Waals surface area contributed by atoms with Crippen LogP contribution >= 0.6 is 22.6 Å². The quantitative estimate of drug-likeness (QED) is 0.704. The second-order valence-electron chi connectivity index (χ2n) is 2.54. The van der Waals surface area contributed by atoms with Gasteiger partial charge in [-0.1, -0.05) is 19.1 Å². The molecule has 0 amide bonds. The molecule has 0 unspecified atom stereocenters. The molecular formula is C8H11IO2. The SMILES string of the molecule is CCC1=CC=C(I)[C@H](O)[C@@H]1O. The molecule has 1 aliphatic rings. The van der Waals surface area contributed by atoms with Crippen LogP contribution in [0.1, 0.15) is 13.3 Å². The smallest absolute Gasteiger partial charge is 0.114 e. The van der Waals surface area contributed by atoms with Gasteiger partial charge in [-0.25, -0.2) is 0 Å². The number of allylic oxidation sites excluding steroid dienone is 2. The normalized spacial score (nSPS) is 31.3. The first-order chi connectivity index (χ1) is 5.16. The lowest BCUT2D eigenvalue weighted by atomic mass is 9.97. The molecule has 0 saturated carbocycles. The minimum absolute atomic E-state index is 0.697. The van der Waals surface area contributed by atoms with Crippen LogP contribution in [0.25, 0.3) is 0 Å². The maximum atomic E-state index is 9.44. The molecule has 0 spiro atoms. The summed E-state index contributed by atoms with van der Waals surface area (Å²) in [6.45, 7) is 1.97. The second kappa shape index (κ2) is 3.69. The number of halogens is 1. The molecule has 0 aromatic rings. The molecule has 0 aliphatic heterocycles. The van der Waals surface area contributed by atoms with Crippen molar-refractivity contribution in [1.29, 1.82) is 0 Å². The van der Waals surface area contributed by atoms with E-state index in [1.807, 2.05) is 41.7 Å². The first-order valence-electron chi connectivity index (χ1n) is 3.59. The Hall–Kier alpha value is 0.130. The third-order valence-electron chi connectivity index (χ3n) is 1.83. The predicted molar refractivity (Wildman–Crippen MR) is 52.5 cm³/mol. The van der Waals surface area contributed by atoms with Gasteiger partial charge in [0.1, 0.15) is 12.2 Å². The molecule has 0 radical (unpaired) electrons. The van der Waals surface area contributed by atoms with Crippen LogP contribution in [0.3, 0.4) is 0 Å². The number of rotatable bonds is 1.